The van der Waals surface area contributed by atoms with E-state index in [4.69, 9.17) is 0 Å². The van der Waals surface area contributed by atoms with Crippen molar-refractivity contribution in [3.8, 4) is 0 Å². The van der Waals surface area contributed by atoms with E-state index in [0.717, 1.165) is 24.2 Å². The number of amides is 1. The Balaban J connectivity index is 1.49. The minimum Gasteiger partial charge on any atom is -0.307 e. The van der Waals surface area contributed by atoms with Crippen LogP contribution in [0.1, 0.15) is 44.7 Å². The fourth-order valence-corrected chi connectivity index (χ4v) is 4.38. The van der Waals surface area contributed by atoms with Crippen LogP contribution in [-0.4, -0.2) is 40.5 Å². The number of carbonyl (C=O) groups excluding carboxylic acids is 1. The van der Waals surface area contributed by atoms with E-state index in [1.807, 2.05) is 17.0 Å². The SMILES string of the molecule is CC1(N2CCCCC2)CC(N2C(=O)Cc3ncccc32)C1. The molecule has 0 unspecified atom stereocenters. The standard InChI is InChI=1S/C17H23N3O/c1-17(19-8-3-2-4-9-19)11-13(12-17)20-15-6-5-7-18-14(15)10-16(20)21/h5-7,13H,2-4,8-12H2,1H3. The summed E-state index contributed by atoms with van der Waals surface area (Å²) in [6.45, 7) is 4.84. The van der Waals surface area contributed by atoms with Gasteiger partial charge in [-0.05, 0) is 57.8 Å². The van der Waals surface area contributed by atoms with Crippen molar-refractivity contribution in [2.45, 2.75) is 57.0 Å². The van der Waals surface area contributed by atoms with Gasteiger partial charge in [0.15, 0.2) is 0 Å². The molecule has 1 aliphatic carbocycles. The lowest BCUT2D eigenvalue weighted by Crippen LogP contribution is -2.63. The van der Waals surface area contributed by atoms with Gasteiger partial charge in [-0.15, -0.1) is 0 Å². The zero-order valence-corrected chi connectivity index (χ0v) is 12.7. The fraction of sp³-hybridized carbons (Fsp3) is 0.647. The quantitative estimate of drug-likeness (QED) is 0.837. The summed E-state index contributed by atoms with van der Waals surface area (Å²) < 4.78 is 0. The second kappa shape index (κ2) is 4.80. The van der Waals surface area contributed by atoms with Gasteiger partial charge in [0.25, 0.3) is 0 Å². The van der Waals surface area contributed by atoms with Gasteiger partial charge >= 0.3 is 0 Å². The molecule has 0 N–H and O–H groups in total. The molecule has 4 rings (SSSR count). The molecule has 112 valence electrons. The van der Waals surface area contributed by atoms with E-state index in [-0.39, 0.29) is 5.91 Å². The molecule has 0 aromatic carbocycles. The third-order valence-electron chi connectivity index (χ3n) is 5.55. The molecule has 1 aromatic rings. The number of nitrogens with zero attached hydrogens (tertiary/aromatic N) is 3. The second-order valence-electron chi connectivity index (χ2n) is 7.02. The Kier molecular flexibility index (Phi) is 3.03. The van der Waals surface area contributed by atoms with Crippen molar-refractivity contribution in [3.63, 3.8) is 0 Å². The van der Waals surface area contributed by atoms with Crippen LogP contribution in [0.3, 0.4) is 0 Å². The summed E-state index contributed by atoms with van der Waals surface area (Å²) in [5, 5.41) is 0. The van der Waals surface area contributed by atoms with Gasteiger partial charge in [-0.1, -0.05) is 6.42 Å². The maximum absolute atomic E-state index is 12.3. The molecule has 3 aliphatic rings. The lowest BCUT2D eigenvalue weighted by molar-refractivity contribution is -0.119. The highest BCUT2D eigenvalue weighted by Crippen LogP contribution is 2.44. The maximum Gasteiger partial charge on any atom is 0.233 e. The summed E-state index contributed by atoms with van der Waals surface area (Å²) in [6, 6.07) is 4.35. The third kappa shape index (κ3) is 2.08. The molecular formula is C17H23N3O. The molecule has 2 fully saturated rings. The number of fused-ring (bicyclic) bond motifs is 1. The average Bonchev–Trinajstić information content (AvgIpc) is 2.80. The van der Waals surface area contributed by atoms with E-state index in [2.05, 4.69) is 16.8 Å². The van der Waals surface area contributed by atoms with E-state index in [9.17, 15) is 4.79 Å². The highest BCUT2D eigenvalue weighted by molar-refractivity contribution is 6.01. The Morgan fingerprint density at radius 3 is 2.76 bits per heavy atom. The van der Waals surface area contributed by atoms with Crippen LogP contribution >= 0.6 is 0 Å². The molecule has 3 heterocycles. The topological polar surface area (TPSA) is 36.4 Å². The minimum absolute atomic E-state index is 0.231. The number of piperidine rings is 1. The van der Waals surface area contributed by atoms with E-state index in [0.29, 0.717) is 18.0 Å². The van der Waals surface area contributed by atoms with Crippen LogP contribution < -0.4 is 4.90 Å². The predicted octanol–water partition coefficient (Wildman–Crippen LogP) is 2.38. The van der Waals surface area contributed by atoms with E-state index >= 15 is 0 Å². The Morgan fingerprint density at radius 1 is 1.24 bits per heavy atom. The van der Waals surface area contributed by atoms with Crippen molar-refractivity contribution in [3.05, 3.63) is 24.0 Å². The summed E-state index contributed by atoms with van der Waals surface area (Å²) >= 11 is 0. The lowest BCUT2D eigenvalue weighted by Gasteiger charge is -2.55. The molecule has 2 aliphatic heterocycles. The Labute approximate surface area is 126 Å². The van der Waals surface area contributed by atoms with Crippen molar-refractivity contribution in [2.24, 2.45) is 0 Å². The molecule has 4 heteroatoms. The number of anilines is 1. The van der Waals surface area contributed by atoms with Crippen molar-refractivity contribution >= 4 is 11.6 Å². The lowest BCUT2D eigenvalue weighted by atomic mass is 9.71. The van der Waals surface area contributed by atoms with Crippen molar-refractivity contribution in [1.82, 2.24) is 9.88 Å². The van der Waals surface area contributed by atoms with Crippen LogP contribution in [0.15, 0.2) is 18.3 Å². The van der Waals surface area contributed by atoms with Gasteiger partial charge in [-0.25, -0.2) is 0 Å². The first-order valence-electron chi connectivity index (χ1n) is 8.18. The highest BCUT2D eigenvalue weighted by atomic mass is 16.2. The number of hydrogen-bond acceptors (Lipinski definition) is 3. The van der Waals surface area contributed by atoms with Crippen LogP contribution in [0.4, 0.5) is 5.69 Å². The number of pyridine rings is 1. The van der Waals surface area contributed by atoms with E-state index in [1.165, 1.54) is 32.4 Å². The van der Waals surface area contributed by atoms with Crippen molar-refractivity contribution in [2.75, 3.05) is 18.0 Å². The van der Waals surface area contributed by atoms with Crippen LogP contribution in [0.2, 0.25) is 0 Å². The normalized spacial score (nSPS) is 32.9. The third-order valence-corrected chi connectivity index (χ3v) is 5.55. The number of hydrogen-bond donors (Lipinski definition) is 0. The van der Waals surface area contributed by atoms with Gasteiger partial charge in [0.1, 0.15) is 0 Å². The molecule has 1 amide bonds. The summed E-state index contributed by atoms with van der Waals surface area (Å²) in [5.41, 5.74) is 2.30. The summed E-state index contributed by atoms with van der Waals surface area (Å²) in [4.78, 5) is 21.4. The minimum atomic E-state index is 0.231. The second-order valence-corrected chi connectivity index (χ2v) is 7.02. The fourth-order valence-electron chi connectivity index (χ4n) is 4.38. The highest BCUT2D eigenvalue weighted by Gasteiger charge is 2.50. The van der Waals surface area contributed by atoms with Gasteiger partial charge < -0.3 is 4.90 Å². The molecule has 0 atom stereocenters. The molecule has 0 bridgehead atoms. The van der Waals surface area contributed by atoms with Crippen molar-refractivity contribution in [1.29, 1.82) is 0 Å². The average molecular weight is 285 g/mol. The van der Waals surface area contributed by atoms with Gasteiger partial charge in [0, 0.05) is 17.8 Å². The maximum atomic E-state index is 12.3. The van der Waals surface area contributed by atoms with E-state index in [1.54, 1.807) is 6.20 Å². The first-order valence-corrected chi connectivity index (χ1v) is 8.18. The Hall–Kier alpha value is -1.42. The van der Waals surface area contributed by atoms with E-state index < -0.39 is 0 Å². The smallest absolute Gasteiger partial charge is 0.233 e. The Bertz CT molecular complexity index is 559. The monoisotopic (exact) mass is 285 g/mol. The number of likely N-dealkylation sites (tertiary alicyclic amines) is 1. The number of rotatable bonds is 2. The number of carbonyl (C=O) groups is 1. The van der Waals surface area contributed by atoms with Crippen LogP contribution in [0.25, 0.3) is 0 Å². The van der Waals surface area contributed by atoms with Crippen molar-refractivity contribution < 1.29 is 4.79 Å². The molecule has 1 saturated carbocycles. The van der Waals surface area contributed by atoms with Gasteiger partial charge in [-0.3, -0.25) is 14.7 Å². The Morgan fingerprint density at radius 2 is 2.00 bits per heavy atom. The molecule has 1 aromatic heterocycles. The molecule has 4 nitrogen and oxygen atoms in total. The first kappa shape index (κ1) is 13.3. The van der Waals surface area contributed by atoms with Crippen LogP contribution in [-0.2, 0) is 11.2 Å². The van der Waals surface area contributed by atoms with Gasteiger partial charge in [0.05, 0.1) is 17.8 Å². The molecule has 21 heavy (non-hydrogen) atoms. The molecular weight excluding hydrogens is 262 g/mol. The predicted molar refractivity (Wildman–Crippen MR) is 82.3 cm³/mol. The largest absolute Gasteiger partial charge is 0.307 e. The van der Waals surface area contributed by atoms with Gasteiger partial charge in [-0.2, -0.15) is 0 Å². The number of aromatic nitrogens is 1. The molecule has 0 spiro atoms. The zero-order chi connectivity index (χ0) is 14.4. The summed E-state index contributed by atoms with van der Waals surface area (Å²) in [7, 11) is 0. The molecule has 1 saturated heterocycles. The zero-order valence-electron chi connectivity index (χ0n) is 12.7. The molecule has 0 radical (unpaired) electrons. The van der Waals surface area contributed by atoms with Crippen LogP contribution in [0, 0.1) is 0 Å². The van der Waals surface area contributed by atoms with Gasteiger partial charge in [0.2, 0.25) is 5.91 Å². The first-order chi connectivity index (χ1) is 10.2. The summed E-state index contributed by atoms with van der Waals surface area (Å²) in [6.07, 6.45) is 8.51. The summed E-state index contributed by atoms with van der Waals surface area (Å²) in [5.74, 6) is 0.231. The van der Waals surface area contributed by atoms with Crippen LogP contribution in [0.5, 0.6) is 0 Å².